The summed E-state index contributed by atoms with van der Waals surface area (Å²) >= 11 is 0. The summed E-state index contributed by atoms with van der Waals surface area (Å²) in [5.74, 6) is 0.0380. The van der Waals surface area contributed by atoms with Gasteiger partial charge in [0.15, 0.2) is 0 Å². The number of nitrogens with one attached hydrogen (secondary N) is 1. The summed E-state index contributed by atoms with van der Waals surface area (Å²) in [7, 11) is 0. The molecular formula is C18H21N3O2. The summed E-state index contributed by atoms with van der Waals surface area (Å²) in [4.78, 5) is 14.8. The molecule has 0 spiro atoms. The first kappa shape index (κ1) is 14.5. The molecule has 2 heterocycles. The minimum absolute atomic E-state index is 0.0380. The molecule has 120 valence electrons. The highest BCUT2D eigenvalue weighted by Crippen LogP contribution is 2.30. The van der Waals surface area contributed by atoms with Gasteiger partial charge in [0.1, 0.15) is 5.69 Å². The Balaban J connectivity index is 1.56. The minimum atomic E-state index is 0.0380. The van der Waals surface area contributed by atoms with E-state index in [9.17, 15) is 4.79 Å². The predicted molar refractivity (Wildman–Crippen MR) is 87.2 cm³/mol. The van der Waals surface area contributed by atoms with Gasteiger partial charge in [-0.2, -0.15) is 5.10 Å². The third-order valence-corrected chi connectivity index (χ3v) is 4.90. The van der Waals surface area contributed by atoms with Crippen molar-refractivity contribution in [1.82, 2.24) is 15.1 Å². The van der Waals surface area contributed by atoms with Crippen LogP contribution >= 0.6 is 0 Å². The Labute approximate surface area is 135 Å². The lowest BCUT2D eigenvalue weighted by molar-refractivity contribution is -0.0447. The van der Waals surface area contributed by atoms with Gasteiger partial charge in [-0.25, -0.2) is 0 Å². The third-order valence-electron chi connectivity index (χ3n) is 4.90. The van der Waals surface area contributed by atoms with E-state index in [0.717, 1.165) is 30.5 Å². The van der Waals surface area contributed by atoms with E-state index in [1.807, 2.05) is 23.1 Å². The molecule has 1 saturated heterocycles. The van der Waals surface area contributed by atoms with Crippen LogP contribution in [0.1, 0.15) is 35.3 Å². The number of benzene rings is 1. The Bertz CT molecular complexity index is 707. The fraction of sp³-hybridized carbons (Fsp3) is 0.444. The zero-order valence-corrected chi connectivity index (χ0v) is 13.3. The Morgan fingerprint density at radius 3 is 2.96 bits per heavy atom. The maximum Gasteiger partial charge on any atom is 0.272 e. The molecule has 1 aliphatic heterocycles. The summed E-state index contributed by atoms with van der Waals surface area (Å²) in [6, 6.07) is 10.2. The van der Waals surface area contributed by atoms with Gasteiger partial charge in [-0.1, -0.05) is 29.8 Å². The van der Waals surface area contributed by atoms with Gasteiger partial charge in [0.25, 0.3) is 5.91 Å². The second kappa shape index (κ2) is 5.81. The third kappa shape index (κ3) is 2.65. The molecule has 0 bridgehead atoms. The lowest BCUT2D eigenvalue weighted by Crippen LogP contribution is -2.51. The molecule has 0 radical (unpaired) electrons. The lowest BCUT2D eigenvalue weighted by atomic mass is 10.1. The highest BCUT2D eigenvalue weighted by Gasteiger charge is 2.39. The molecule has 1 aromatic heterocycles. The second-order valence-electron chi connectivity index (χ2n) is 6.44. The van der Waals surface area contributed by atoms with Gasteiger partial charge in [0.2, 0.25) is 0 Å². The van der Waals surface area contributed by atoms with Crippen molar-refractivity contribution in [3.8, 4) is 11.3 Å². The second-order valence-corrected chi connectivity index (χ2v) is 6.44. The smallest absolute Gasteiger partial charge is 0.272 e. The number of carbonyl (C=O) groups excluding carboxylic acids is 1. The van der Waals surface area contributed by atoms with Crippen LogP contribution in [0.2, 0.25) is 0 Å². The van der Waals surface area contributed by atoms with Crippen LogP contribution in [-0.2, 0) is 4.74 Å². The van der Waals surface area contributed by atoms with Crippen LogP contribution in [-0.4, -0.2) is 46.3 Å². The Hall–Kier alpha value is -2.14. The van der Waals surface area contributed by atoms with Gasteiger partial charge in [0, 0.05) is 12.1 Å². The number of amides is 1. The molecule has 1 aliphatic carbocycles. The van der Waals surface area contributed by atoms with Crippen molar-refractivity contribution >= 4 is 5.91 Å². The summed E-state index contributed by atoms with van der Waals surface area (Å²) in [5.41, 5.74) is 3.60. The van der Waals surface area contributed by atoms with Crippen molar-refractivity contribution in [3.63, 3.8) is 0 Å². The number of ether oxygens (including phenoxy) is 1. The van der Waals surface area contributed by atoms with E-state index in [0.29, 0.717) is 18.8 Å². The number of fused-ring (bicyclic) bond motifs is 1. The van der Waals surface area contributed by atoms with Crippen LogP contribution in [0.5, 0.6) is 0 Å². The number of aromatic nitrogens is 2. The number of aryl methyl sites for hydroxylation is 1. The molecule has 2 aromatic rings. The average Bonchev–Trinajstić information content (AvgIpc) is 3.23. The monoisotopic (exact) mass is 311 g/mol. The molecule has 5 heteroatoms. The SMILES string of the molecule is Cc1ccc(-c2cc(C(=O)N3CCOC4CCCC43)[nH]n2)cc1. The van der Waals surface area contributed by atoms with E-state index < -0.39 is 0 Å². The molecule has 2 unspecified atom stereocenters. The molecule has 2 aliphatic rings. The van der Waals surface area contributed by atoms with Gasteiger partial charge in [0.05, 0.1) is 24.4 Å². The van der Waals surface area contributed by atoms with Crippen LogP contribution in [0, 0.1) is 6.92 Å². The maximum absolute atomic E-state index is 12.8. The van der Waals surface area contributed by atoms with Crippen molar-refractivity contribution in [3.05, 3.63) is 41.6 Å². The van der Waals surface area contributed by atoms with Gasteiger partial charge in [-0.3, -0.25) is 9.89 Å². The van der Waals surface area contributed by atoms with Gasteiger partial charge < -0.3 is 9.64 Å². The topological polar surface area (TPSA) is 58.2 Å². The zero-order chi connectivity index (χ0) is 15.8. The van der Waals surface area contributed by atoms with Gasteiger partial charge >= 0.3 is 0 Å². The Morgan fingerprint density at radius 2 is 2.13 bits per heavy atom. The largest absolute Gasteiger partial charge is 0.374 e. The molecule has 5 nitrogen and oxygen atoms in total. The quantitative estimate of drug-likeness (QED) is 0.928. The van der Waals surface area contributed by atoms with Crippen LogP contribution in [0.25, 0.3) is 11.3 Å². The number of morpholine rings is 1. The van der Waals surface area contributed by atoms with E-state index in [2.05, 4.69) is 29.3 Å². The van der Waals surface area contributed by atoms with Crippen molar-refractivity contribution in [2.75, 3.05) is 13.2 Å². The van der Waals surface area contributed by atoms with Crippen molar-refractivity contribution in [2.45, 2.75) is 38.3 Å². The molecule has 4 rings (SSSR count). The lowest BCUT2D eigenvalue weighted by Gasteiger charge is -2.37. The Kier molecular flexibility index (Phi) is 3.65. The van der Waals surface area contributed by atoms with Gasteiger partial charge in [-0.05, 0) is 32.3 Å². The van der Waals surface area contributed by atoms with Crippen molar-refractivity contribution < 1.29 is 9.53 Å². The first-order valence-electron chi connectivity index (χ1n) is 8.27. The van der Waals surface area contributed by atoms with Crippen LogP contribution in [0.15, 0.2) is 30.3 Å². The highest BCUT2D eigenvalue weighted by atomic mass is 16.5. The summed E-state index contributed by atoms with van der Waals surface area (Å²) in [6.07, 6.45) is 3.45. The maximum atomic E-state index is 12.8. The standard InChI is InChI=1S/C18H21N3O2/c1-12-5-7-13(8-6-12)14-11-15(20-19-14)18(22)21-9-10-23-17-4-2-3-16(17)21/h5-8,11,16-17H,2-4,9-10H2,1H3,(H,19,20). The van der Waals surface area contributed by atoms with E-state index >= 15 is 0 Å². The summed E-state index contributed by atoms with van der Waals surface area (Å²) in [5, 5.41) is 7.23. The zero-order valence-electron chi connectivity index (χ0n) is 13.3. The molecule has 2 fully saturated rings. The fourth-order valence-electron chi connectivity index (χ4n) is 3.64. The normalized spacial score (nSPS) is 23.8. The number of hydrogen-bond donors (Lipinski definition) is 1. The molecule has 1 aromatic carbocycles. The molecule has 2 atom stereocenters. The van der Waals surface area contributed by atoms with E-state index in [-0.39, 0.29) is 18.1 Å². The average molecular weight is 311 g/mol. The number of nitrogens with zero attached hydrogens (tertiary/aromatic N) is 2. The number of hydrogen-bond acceptors (Lipinski definition) is 3. The van der Waals surface area contributed by atoms with E-state index in [4.69, 9.17) is 4.74 Å². The first-order chi connectivity index (χ1) is 11.2. The van der Waals surface area contributed by atoms with Crippen LogP contribution < -0.4 is 0 Å². The Morgan fingerprint density at radius 1 is 1.30 bits per heavy atom. The van der Waals surface area contributed by atoms with Crippen LogP contribution in [0.3, 0.4) is 0 Å². The van der Waals surface area contributed by atoms with Crippen molar-refractivity contribution in [1.29, 1.82) is 0 Å². The van der Waals surface area contributed by atoms with Gasteiger partial charge in [-0.15, -0.1) is 0 Å². The molecule has 1 amide bonds. The summed E-state index contributed by atoms with van der Waals surface area (Å²) in [6.45, 7) is 3.35. The van der Waals surface area contributed by atoms with E-state index in [1.165, 1.54) is 5.56 Å². The highest BCUT2D eigenvalue weighted by molar-refractivity contribution is 5.93. The molecule has 23 heavy (non-hydrogen) atoms. The number of aromatic amines is 1. The van der Waals surface area contributed by atoms with Crippen LogP contribution in [0.4, 0.5) is 0 Å². The molecular weight excluding hydrogens is 290 g/mol. The van der Waals surface area contributed by atoms with Crippen molar-refractivity contribution in [2.24, 2.45) is 0 Å². The number of rotatable bonds is 2. The predicted octanol–water partition coefficient (Wildman–Crippen LogP) is 2.78. The molecule has 1 saturated carbocycles. The summed E-state index contributed by atoms with van der Waals surface area (Å²) < 4.78 is 5.78. The minimum Gasteiger partial charge on any atom is -0.374 e. The van der Waals surface area contributed by atoms with E-state index in [1.54, 1.807) is 0 Å². The number of H-pyrrole nitrogens is 1. The first-order valence-corrected chi connectivity index (χ1v) is 8.27. The fourth-order valence-corrected chi connectivity index (χ4v) is 3.64. The molecule has 1 N–H and O–H groups in total. The number of carbonyl (C=O) groups is 1.